The van der Waals surface area contributed by atoms with Crippen LogP contribution in [-0.4, -0.2) is 15.7 Å². The molecule has 0 aliphatic heterocycles. The van der Waals surface area contributed by atoms with E-state index in [1.54, 1.807) is 0 Å². The third-order valence-electron chi connectivity index (χ3n) is 3.46. The molecule has 2 aromatic carbocycles. The molecule has 3 aromatic rings. The van der Waals surface area contributed by atoms with Gasteiger partial charge >= 0.3 is 0 Å². The SMILES string of the molecule is C1=c2nc3ccccc3nc2=CC(=Nc2ccccc2)C1. The second-order valence-electron chi connectivity index (χ2n) is 4.97. The third kappa shape index (κ3) is 2.34. The van der Waals surface area contributed by atoms with Gasteiger partial charge in [0.2, 0.25) is 0 Å². The lowest BCUT2D eigenvalue weighted by Crippen LogP contribution is -2.35. The molecule has 0 saturated carbocycles. The summed E-state index contributed by atoms with van der Waals surface area (Å²) in [5, 5.41) is 1.84. The number of aliphatic imine (C=N–C) groups is 1. The molecule has 1 aromatic heterocycles. The summed E-state index contributed by atoms with van der Waals surface area (Å²) in [6, 6.07) is 17.9. The number of benzene rings is 2. The van der Waals surface area contributed by atoms with E-state index in [0.717, 1.165) is 39.6 Å². The summed E-state index contributed by atoms with van der Waals surface area (Å²) >= 11 is 0. The van der Waals surface area contributed by atoms with Crippen molar-refractivity contribution in [3.63, 3.8) is 0 Å². The Balaban J connectivity index is 1.86. The zero-order chi connectivity index (χ0) is 14.1. The van der Waals surface area contributed by atoms with Gasteiger partial charge in [0.1, 0.15) is 0 Å². The predicted molar refractivity (Wildman–Crippen MR) is 85.9 cm³/mol. The third-order valence-corrected chi connectivity index (χ3v) is 3.46. The van der Waals surface area contributed by atoms with Gasteiger partial charge in [0.15, 0.2) is 0 Å². The van der Waals surface area contributed by atoms with Crippen molar-refractivity contribution in [2.75, 3.05) is 0 Å². The van der Waals surface area contributed by atoms with Gasteiger partial charge in [0.25, 0.3) is 0 Å². The summed E-state index contributed by atoms with van der Waals surface area (Å²) < 4.78 is 0. The van der Waals surface area contributed by atoms with E-state index in [4.69, 9.17) is 0 Å². The first-order valence-electron chi connectivity index (χ1n) is 6.96. The zero-order valence-corrected chi connectivity index (χ0v) is 11.4. The van der Waals surface area contributed by atoms with Crippen molar-refractivity contribution in [3.8, 4) is 0 Å². The summed E-state index contributed by atoms with van der Waals surface area (Å²) in [6.45, 7) is 0. The maximum atomic E-state index is 4.68. The number of fused-ring (bicyclic) bond motifs is 2. The Labute approximate surface area is 122 Å². The molecule has 0 amide bonds. The first-order valence-corrected chi connectivity index (χ1v) is 6.96. The minimum atomic E-state index is 0.787. The second-order valence-corrected chi connectivity index (χ2v) is 4.97. The molecule has 4 rings (SSSR count). The summed E-state index contributed by atoms with van der Waals surface area (Å²) in [5.74, 6) is 0. The lowest BCUT2D eigenvalue weighted by Gasteiger charge is -2.04. The summed E-state index contributed by atoms with van der Waals surface area (Å²) in [7, 11) is 0. The first kappa shape index (κ1) is 12.0. The Kier molecular flexibility index (Phi) is 2.82. The zero-order valence-electron chi connectivity index (χ0n) is 11.4. The second kappa shape index (κ2) is 4.94. The fraction of sp³-hybridized carbons (Fsp3) is 0.0556. The van der Waals surface area contributed by atoms with Crippen LogP contribution in [0.4, 0.5) is 5.69 Å². The van der Waals surface area contributed by atoms with Gasteiger partial charge in [-0.15, -0.1) is 0 Å². The van der Waals surface area contributed by atoms with E-state index >= 15 is 0 Å². The Morgan fingerprint density at radius 3 is 2.19 bits per heavy atom. The minimum Gasteiger partial charge on any atom is -0.253 e. The molecule has 3 nitrogen and oxygen atoms in total. The van der Waals surface area contributed by atoms with Crippen LogP contribution in [0.1, 0.15) is 6.42 Å². The van der Waals surface area contributed by atoms with Gasteiger partial charge in [0.05, 0.1) is 27.4 Å². The maximum absolute atomic E-state index is 4.68. The van der Waals surface area contributed by atoms with Gasteiger partial charge in [-0.2, -0.15) is 0 Å². The lowest BCUT2D eigenvalue weighted by molar-refractivity contribution is 1.15. The highest BCUT2D eigenvalue weighted by Crippen LogP contribution is 2.12. The van der Waals surface area contributed by atoms with E-state index in [9.17, 15) is 0 Å². The normalized spacial score (nSPS) is 15.3. The highest BCUT2D eigenvalue weighted by Gasteiger charge is 2.04. The largest absolute Gasteiger partial charge is 0.253 e. The monoisotopic (exact) mass is 271 g/mol. The molecule has 1 aliphatic carbocycles. The fourth-order valence-electron chi connectivity index (χ4n) is 2.45. The van der Waals surface area contributed by atoms with Crippen LogP contribution in [0.5, 0.6) is 0 Å². The van der Waals surface area contributed by atoms with E-state index in [1.165, 1.54) is 0 Å². The highest BCUT2D eigenvalue weighted by molar-refractivity contribution is 6.14. The van der Waals surface area contributed by atoms with Crippen LogP contribution in [0.2, 0.25) is 0 Å². The Hall–Kier alpha value is -2.81. The summed E-state index contributed by atoms with van der Waals surface area (Å²) in [4.78, 5) is 14.0. The minimum absolute atomic E-state index is 0.787. The van der Waals surface area contributed by atoms with E-state index in [0.29, 0.717) is 0 Å². The van der Waals surface area contributed by atoms with Crippen LogP contribution in [0.15, 0.2) is 59.6 Å². The standard InChI is InChI=1S/C18H13N3/c1-2-6-13(7-3-1)19-14-10-11-17-18(12-14)21-16-9-5-4-8-15(16)20-17/h1-9,11-12H,10H2. The van der Waals surface area contributed by atoms with Crippen LogP contribution < -0.4 is 10.7 Å². The Morgan fingerprint density at radius 2 is 1.43 bits per heavy atom. The molecule has 0 fully saturated rings. The van der Waals surface area contributed by atoms with Gasteiger partial charge < -0.3 is 0 Å². The predicted octanol–water partition coefficient (Wildman–Crippen LogP) is 2.37. The molecule has 0 saturated heterocycles. The molecular weight excluding hydrogens is 258 g/mol. The van der Waals surface area contributed by atoms with Crippen LogP contribution in [-0.2, 0) is 0 Å². The smallest absolute Gasteiger partial charge is 0.0909 e. The average molecular weight is 271 g/mol. The molecule has 0 N–H and O–H groups in total. The molecule has 21 heavy (non-hydrogen) atoms. The highest BCUT2D eigenvalue weighted by atomic mass is 14.8. The van der Waals surface area contributed by atoms with Gasteiger partial charge in [-0.1, -0.05) is 36.4 Å². The van der Waals surface area contributed by atoms with Crippen LogP contribution in [0.3, 0.4) is 0 Å². The number of nitrogens with zero attached hydrogens (tertiary/aromatic N) is 3. The molecule has 0 bridgehead atoms. The Bertz CT molecular complexity index is 957. The van der Waals surface area contributed by atoms with E-state index < -0.39 is 0 Å². The molecule has 1 heterocycles. The molecule has 3 heteroatoms. The molecule has 1 aliphatic rings. The van der Waals surface area contributed by atoms with E-state index in [2.05, 4.69) is 21.0 Å². The molecule has 0 radical (unpaired) electrons. The van der Waals surface area contributed by atoms with Crippen molar-refractivity contribution >= 4 is 34.6 Å². The van der Waals surface area contributed by atoms with Gasteiger partial charge in [0, 0.05) is 12.1 Å². The van der Waals surface area contributed by atoms with Crippen molar-refractivity contribution in [3.05, 3.63) is 65.3 Å². The topological polar surface area (TPSA) is 38.1 Å². The summed E-state index contributed by atoms with van der Waals surface area (Å²) in [6.07, 6.45) is 4.91. The van der Waals surface area contributed by atoms with E-state index in [-0.39, 0.29) is 0 Å². The number of rotatable bonds is 1. The quantitative estimate of drug-likeness (QED) is 0.681. The van der Waals surface area contributed by atoms with E-state index in [1.807, 2.05) is 60.7 Å². The Morgan fingerprint density at radius 1 is 0.762 bits per heavy atom. The number of hydrogen-bond donors (Lipinski definition) is 0. The van der Waals surface area contributed by atoms with Crippen molar-refractivity contribution < 1.29 is 0 Å². The van der Waals surface area contributed by atoms with Crippen molar-refractivity contribution in [2.24, 2.45) is 4.99 Å². The van der Waals surface area contributed by atoms with Gasteiger partial charge in [-0.25, -0.2) is 9.97 Å². The molecule has 0 spiro atoms. The van der Waals surface area contributed by atoms with Crippen LogP contribution in [0, 0.1) is 0 Å². The number of hydrogen-bond acceptors (Lipinski definition) is 3. The maximum Gasteiger partial charge on any atom is 0.0909 e. The fourth-order valence-corrected chi connectivity index (χ4v) is 2.45. The first-order chi connectivity index (χ1) is 10.4. The van der Waals surface area contributed by atoms with Crippen molar-refractivity contribution in [2.45, 2.75) is 6.42 Å². The van der Waals surface area contributed by atoms with Crippen LogP contribution >= 0.6 is 0 Å². The molecule has 0 atom stereocenters. The molecule has 0 unspecified atom stereocenters. The van der Waals surface area contributed by atoms with Gasteiger partial charge in [-0.3, -0.25) is 4.99 Å². The van der Waals surface area contributed by atoms with Crippen molar-refractivity contribution in [1.82, 2.24) is 9.97 Å². The summed E-state index contributed by atoms with van der Waals surface area (Å²) in [5.41, 5.74) is 3.83. The molecule has 100 valence electrons. The lowest BCUT2D eigenvalue weighted by atomic mass is 10.1. The average Bonchev–Trinajstić information content (AvgIpc) is 2.54. The van der Waals surface area contributed by atoms with Crippen LogP contribution in [0.25, 0.3) is 23.2 Å². The molecular formula is C18H13N3. The van der Waals surface area contributed by atoms with Crippen molar-refractivity contribution in [1.29, 1.82) is 0 Å². The number of para-hydroxylation sites is 3. The number of aromatic nitrogens is 2. The van der Waals surface area contributed by atoms with Gasteiger partial charge in [-0.05, 0) is 30.3 Å².